The Kier molecular flexibility index (Phi) is 6.58. The SMILES string of the molecule is Cc1ccc(OCCNC(=O)COC(=O)c2cc(C)sc2C)c(C)c1. The van der Waals surface area contributed by atoms with Crippen molar-refractivity contribution in [1.82, 2.24) is 5.32 Å². The molecule has 134 valence electrons. The van der Waals surface area contributed by atoms with E-state index in [0.717, 1.165) is 21.1 Å². The summed E-state index contributed by atoms with van der Waals surface area (Å²) in [6.07, 6.45) is 0. The Balaban J connectivity index is 1.69. The minimum absolute atomic E-state index is 0.295. The molecule has 1 aromatic heterocycles. The topological polar surface area (TPSA) is 64.6 Å². The highest BCUT2D eigenvalue weighted by atomic mass is 32.1. The molecule has 1 N–H and O–H groups in total. The van der Waals surface area contributed by atoms with Crippen molar-refractivity contribution in [3.63, 3.8) is 0 Å². The van der Waals surface area contributed by atoms with Crippen LogP contribution in [0.25, 0.3) is 0 Å². The highest BCUT2D eigenvalue weighted by molar-refractivity contribution is 7.12. The van der Waals surface area contributed by atoms with Crippen LogP contribution < -0.4 is 10.1 Å². The lowest BCUT2D eigenvalue weighted by Gasteiger charge is -2.10. The standard InChI is InChI=1S/C19H23NO4S/c1-12-5-6-17(13(2)9-12)23-8-7-20-18(21)11-24-19(22)16-10-14(3)25-15(16)4/h5-6,9-10H,7-8,11H2,1-4H3,(H,20,21). The number of hydrogen-bond donors (Lipinski definition) is 1. The molecule has 0 saturated carbocycles. The lowest BCUT2D eigenvalue weighted by molar-refractivity contribution is -0.124. The quantitative estimate of drug-likeness (QED) is 0.607. The van der Waals surface area contributed by atoms with Crippen LogP contribution in [0, 0.1) is 27.7 Å². The van der Waals surface area contributed by atoms with Gasteiger partial charge >= 0.3 is 5.97 Å². The monoisotopic (exact) mass is 361 g/mol. The van der Waals surface area contributed by atoms with E-state index in [-0.39, 0.29) is 12.5 Å². The highest BCUT2D eigenvalue weighted by Gasteiger charge is 2.14. The summed E-state index contributed by atoms with van der Waals surface area (Å²) in [6.45, 7) is 8.20. The van der Waals surface area contributed by atoms with Crippen molar-refractivity contribution in [2.45, 2.75) is 27.7 Å². The number of thiophene rings is 1. The van der Waals surface area contributed by atoms with Gasteiger partial charge < -0.3 is 14.8 Å². The Labute approximate surface area is 152 Å². The van der Waals surface area contributed by atoms with Crippen LogP contribution in [0.1, 0.15) is 31.2 Å². The molecule has 2 rings (SSSR count). The number of rotatable bonds is 7. The van der Waals surface area contributed by atoms with Crippen LogP contribution in [-0.2, 0) is 9.53 Å². The zero-order valence-corrected chi connectivity index (χ0v) is 15.8. The first-order valence-electron chi connectivity index (χ1n) is 8.07. The molecule has 5 nitrogen and oxygen atoms in total. The molecule has 1 heterocycles. The maximum absolute atomic E-state index is 11.9. The number of benzene rings is 1. The Bertz CT molecular complexity index is 767. The summed E-state index contributed by atoms with van der Waals surface area (Å²) in [5.41, 5.74) is 2.76. The first-order chi connectivity index (χ1) is 11.9. The van der Waals surface area contributed by atoms with Gasteiger partial charge in [0.25, 0.3) is 5.91 Å². The summed E-state index contributed by atoms with van der Waals surface area (Å²) >= 11 is 1.53. The summed E-state index contributed by atoms with van der Waals surface area (Å²) < 4.78 is 10.7. The van der Waals surface area contributed by atoms with E-state index in [2.05, 4.69) is 5.32 Å². The third kappa shape index (κ3) is 5.60. The van der Waals surface area contributed by atoms with E-state index in [0.29, 0.717) is 18.7 Å². The fourth-order valence-electron chi connectivity index (χ4n) is 2.41. The van der Waals surface area contributed by atoms with Gasteiger partial charge in [-0.3, -0.25) is 4.79 Å². The summed E-state index contributed by atoms with van der Waals surface area (Å²) in [5, 5.41) is 2.67. The fourth-order valence-corrected chi connectivity index (χ4v) is 3.32. The van der Waals surface area contributed by atoms with Gasteiger partial charge in [-0.2, -0.15) is 0 Å². The number of carbonyl (C=O) groups is 2. The zero-order valence-electron chi connectivity index (χ0n) is 15.0. The third-order valence-electron chi connectivity index (χ3n) is 3.61. The van der Waals surface area contributed by atoms with Crippen molar-refractivity contribution < 1.29 is 19.1 Å². The zero-order chi connectivity index (χ0) is 18.4. The number of amides is 1. The summed E-state index contributed by atoms with van der Waals surface area (Å²) in [4.78, 5) is 25.6. The van der Waals surface area contributed by atoms with Crippen molar-refractivity contribution in [3.05, 3.63) is 50.7 Å². The minimum Gasteiger partial charge on any atom is -0.491 e. The van der Waals surface area contributed by atoms with E-state index < -0.39 is 5.97 Å². The van der Waals surface area contributed by atoms with E-state index in [9.17, 15) is 9.59 Å². The first kappa shape index (κ1) is 19.0. The van der Waals surface area contributed by atoms with Gasteiger partial charge in [0.15, 0.2) is 6.61 Å². The van der Waals surface area contributed by atoms with Gasteiger partial charge in [0, 0.05) is 9.75 Å². The second kappa shape index (κ2) is 8.67. The van der Waals surface area contributed by atoms with Crippen molar-refractivity contribution in [3.8, 4) is 5.75 Å². The van der Waals surface area contributed by atoms with Gasteiger partial charge in [-0.15, -0.1) is 11.3 Å². The van der Waals surface area contributed by atoms with E-state index in [1.807, 2.05) is 45.9 Å². The van der Waals surface area contributed by atoms with Gasteiger partial charge in [0.05, 0.1) is 12.1 Å². The number of aryl methyl sites for hydroxylation is 4. The molecule has 1 aromatic carbocycles. The molecule has 25 heavy (non-hydrogen) atoms. The molecule has 0 aliphatic heterocycles. The molecular weight excluding hydrogens is 338 g/mol. The van der Waals surface area contributed by atoms with Gasteiger partial charge in [0.1, 0.15) is 12.4 Å². The molecule has 0 spiro atoms. The molecule has 6 heteroatoms. The van der Waals surface area contributed by atoms with Crippen LogP contribution >= 0.6 is 11.3 Å². The second-order valence-corrected chi connectivity index (χ2v) is 7.33. The molecule has 0 fully saturated rings. The Hall–Kier alpha value is -2.34. The predicted molar refractivity (Wildman–Crippen MR) is 98.5 cm³/mol. The fraction of sp³-hybridized carbons (Fsp3) is 0.368. The van der Waals surface area contributed by atoms with E-state index in [1.54, 1.807) is 6.07 Å². The van der Waals surface area contributed by atoms with E-state index in [1.165, 1.54) is 16.9 Å². The number of esters is 1. The maximum Gasteiger partial charge on any atom is 0.339 e. The lowest BCUT2D eigenvalue weighted by Crippen LogP contribution is -2.32. The summed E-state index contributed by atoms with van der Waals surface area (Å²) in [5.74, 6) is -0.0136. The number of hydrogen-bond acceptors (Lipinski definition) is 5. The lowest BCUT2D eigenvalue weighted by atomic mass is 10.1. The van der Waals surface area contributed by atoms with Crippen LogP contribution in [-0.4, -0.2) is 31.6 Å². The number of nitrogens with one attached hydrogen (secondary N) is 1. The average Bonchev–Trinajstić information content (AvgIpc) is 2.89. The van der Waals surface area contributed by atoms with E-state index >= 15 is 0 Å². The molecule has 1 amide bonds. The molecule has 0 atom stereocenters. The van der Waals surface area contributed by atoms with Crippen LogP contribution in [0.2, 0.25) is 0 Å². The second-order valence-electron chi connectivity index (χ2n) is 5.87. The first-order valence-corrected chi connectivity index (χ1v) is 8.89. The van der Waals surface area contributed by atoms with Gasteiger partial charge in [0.2, 0.25) is 0 Å². The summed E-state index contributed by atoms with van der Waals surface area (Å²) in [6, 6.07) is 7.72. The normalized spacial score (nSPS) is 10.4. The molecule has 0 aliphatic carbocycles. The minimum atomic E-state index is -0.469. The molecular formula is C19H23NO4S. The van der Waals surface area contributed by atoms with Crippen LogP contribution in [0.3, 0.4) is 0 Å². The van der Waals surface area contributed by atoms with Crippen LogP contribution in [0.4, 0.5) is 0 Å². The van der Waals surface area contributed by atoms with Crippen molar-refractivity contribution >= 4 is 23.2 Å². The van der Waals surface area contributed by atoms with Crippen molar-refractivity contribution in [1.29, 1.82) is 0 Å². The van der Waals surface area contributed by atoms with Crippen LogP contribution in [0.5, 0.6) is 5.75 Å². The average molecular weight is 361 g/mol. The maximum atomic E-state index is 11.9. The van der Waals surface area contributed by atoms with Crippen LogP contribution in [0.15, 0.2) is 24.3 Å². The third-order valence-corrected chi connectivity index (χ3v) is 4.57. The molecule has 0 saturated heterocycles. The largest absolute Gasteiger partial charge is 0.491 e. The molecule has 0 unspecified atom stereocenters. The Morgan fingerprint density at radius 2 is 1.88 bits per heavy atom. The van der Waals surface area contributed by atoms with Gasteiger partial charge in [-0.25, -0.2) is 4.79 Å². The molecule has 0 aliphatic rings. The predicted octanol–water partition coefficient (Wildman–Crippen LogP) is 3.33. The number of carbonyl (C=O) groups excluding carboxylic acids is 2. The summed E-state index contributed by atoms with van der Waals surface area (Å²) in [7, 11) is 0. The van der Waals surface area contributed by atoms with Gasteiger partial charge in [-0.1, -0.05) is 17.7 Å². The number of ether oxygens (including phenoxy) is 2. The molecule has 0 radical (unpaired) electrons. The smallest absolute Gasteiger partial charge is 0.339 e. The van der Waals surface area contributed by atoms with Crippen molar-refractivity contribution in [2.24, 2.45) is 0 Å². The highest BCUT2D eigenvalue weighted by Crippen LogP contribution is 2.21. The Morgan fingerprint density at radius 1 is 1.12 bits per heavy atom. The van der Waals surface area contributed by atoms with Crippen molar-refractivity contribution in [2.75, 3.05) is 19.8 Å². The Morgan fingerprint density at radius 3 is 2.52 bits per heavy atom. The molecule has 0 bridgehead atoms. The van der Waals surface area contributed by atoms with Gasteiger partial charge in [-0.05, 0) is 45.4 Å². The molecule has 2 aromatic rings. The van der Waals surface area contributed by atoms with E-state index in [4.69, 9.17) is 9.47 Å².